The van der Waals surface area contributed by atoms with Crippen LogP contribution < -0.4 is 31.9 Å². The summed E-state index contributed by atoms with van der Waals surface area (Å²) in [5, 5.41) is 2.44. The maximum absolute atomic E-state index is 14.7. The van der Waals surface area contributed by atoms with Crippen LogP contribution in [0.2, 0.25) is 0 Å². The molecule has 2 aromatic carbocycles. The van der Waals surface area contributed by atoms with Crippen molar-refractivity contribution in [3.63, 3.8) is 0 Å². The fourth-order valence-corrected chi connectivity index (χ4v) is 4.01. The molecule has 0 aliphatic carbocycles. The summed E-state index contributed by atoms with van der Waals surface area (Å²) in [7, 11) is 1.13. The zero-order chi connectivity index (χ0) is 26.9. The highest BCUT2D eigenvalue weighted by molar-refractivity contribution is 6.03. The van der Waals surface area contributed by atoms with Gasteiger partial charge in [0.25, 0.3) is 6.73 Å². The second-order valence-corrected chi connectivity index (χ2v) is 8.20. The quantitative estimate of drug-likeness (QED) is 0.296. The van der Waals surface area contributed by atoms with E-state index in [4.69, 9.17) is 9.47 Å². The predicted molar refractivity (Wildman–Crippen MR) is 122 cm³/mol. The van der Waals surface area contributed by atoms with E-state index >= 15 is 0 Å². The number of carbonyl (C=O) groups is 2. The number of esters is 1. The van der Waals surface area contributed by atoms with E-state index in [1.54, 1.807) is 6.20 Å². The number of rotatable bonds is 5. The lowest BCUT2D eigenvalue weighted by molar-refractivity contribution is -0.727. The molecule has 0 saturated heterocycles. The first kappa shape index (κ1) is 28.6. The van der Waals surface area contributed by atoms with E-state index in [9.17, 15) is 31.5 Å². The molecule has 0 atom stereocenters. The topological polar surface area (TPSA) is 71.8 Å². The Kier molecular flexibility index (Phi) is 8.45. The lowest BCUT2D eigenvalue weighted by atomic mass is 10.1. The van der Waals surface area contributed by atoms with Crippen molar-refractivity contribution in [3.05, 3.63) is 71.6 Å². The van der Waals surface area contributed by atoms with E-state index in [0.717, 1.165) is 24.1 Å². The highest BCUT2D eigenvalue weighted by atomic mass is 35.5. The molecule has 38 heavy (non-hydrogen) atoms. The third-order valence-electron chi connectivity index (χ3n) is 5.71. The molecule has 0 saturated carbocycles. The summed E-state index contributed by atoms with van der Waals surface area (Å²) in [4.78, 5) is 25.1. The molecule has 0 spiro atoms. The molecule has 2 heterocycles. The van der Waals surface area contributed by atoms with Crippen LogP contribution >= 0.6 is 0 Å². The summed E-state index contributed by atoms with van der Waals surface area (Å²) in [5.74, 6) is -3.29. The van der Waals surface area contributed by atoms with E-state index < -0.39 is 35.4 Å². The van der Waals surface area contributed by atoms with Crippen molar-refractivity contribution in [2.24, 2.45) is 0 Å². The molecule has 0 radical (unpaired) electrons. The van der Waals surface area contributed by atoms with Crippen molar-refractivity contribution < 1.29 is 58.0 Å². The zero-order valence-electron chi connectivity index (χ0n) is 20.0. The molecule has 1 N–H and O–H groups in total. The van der Waals surface area contributed by atoms with Crippen LogP contribution in [0.4, 0.5) is 38.1 Å². The summed E-state index contributed by atoms with van der Waals surface area (Å²) in [5.41, 5.74) is -0.563. The highest BCUT2D eigenvalue weighted by Crippen LogP contribution is 2.42. The largest absolute Gasteiger partial charge is 1.00 e. The fourth-order valence-electron chi connectivity index (χ4n) is 4.01. The van der Waals surface area contributed by atoms with Crippen molar-refractivity contribution in [1.29, 1.82) is 0 Å². The van der Waals surface area contributed by atoms with Crippen molar-refractivity contribution >= 4 is 23.4 Å². The summed E-state index contributed by atoms with van der Waals surface area (Å²) in [6.45, 7) is 1.16. The second kappa shape index (κ2) is 11.2. The number of amides is 2. The number of hydrogen-bond donors (Lipinski definition) is 1. The molecular formula is C25H21ClF5N3O4. The number of anilines is 2. The molecule has 0 fully saturated rings. The van der Waals surface area contributed by atoms with Gasteiger partial charge in [-0.3, -0.25) is 9.69 Å². The summed E-state index contributed by atoms with van der Waals surface area (Å²) >= 11 is 0. The molecular weight excluding hydrogens is 537 g/mol. The molecule has 1 aromatic heterocycles. The molecule has 3 aromatic rings. The Bertz CT molecular complexity index is 1380. The van der Waals surface area contributed by atoms with E-state index in [1.807, 2.05) is 0 Å². The monoisotopic (exact) mass is 557 g/mol. The summed E-state index contributed by atoms with van der Waals surface area (Å²) < 4.78 is 80.8. The normalized spacial score (nSPS) is 12.4. The van der Waals surface area contributed by atoms with Gasteiger partial charge in [-0.15, -0.1) is 0 Å². The number of ether oxygens (including phenoxy) is 2. The average molecular weight is 558 g/mol. The zero-order valence-corrected chi connectivity index (χ0v) is 20.8. The number of nitrogens with one attached hydrogen (secondary N) is 1. The van der Waals surface area contributed by atoms with Gasteiger partial charge in [-0.1, -0.05) is 0 Å². The number of nitrogens with zero attached hydrogens (tertiary/aromatic N) is 2. The highest BCUT2D eigenvalue weighted by Gasteiger charge is 2.37. The Morgan fingerprint density at radius 1 is 1.16 bits per heavy atom. The number of pyridine rings is 1. The minimum absolute atomic E-state index is 0. The van der Waals surface area contributed by atoms with E-state index in [0.29, 0.717) is 5.56 Å². The Morgan fingerprint density at radius 3 is 2.55 bits per heavy atom. The second-order valence-electron chi connectivity index (χ2n) is 8.20. The number of aromatic nitrogens is 1. The smallest absolute Gasteiger partial charge is 0.420 e. The Labute approximate surface area is 220 Å². The lowest BCUT2D eigenvalue weighted by Gasteiger charge is -2.21. The summed E-state index contributed by atoms with van der Waals surface area (Å²) in [6.07, 6.45) is -1.44. The van der Waals surface area contributed by atoms with Gasteiger partial charge in [-0.25, -0.2) is 13.6 Å². The number of urea groups is 1. The minimum Gasteiger partial charge on any atom is -1.00 e. The lowest BCUT2D eigenvalue weighted by Crippen LogP contribution is -3.00. The van der Waals surface area contributed by atoms with Gasteiger partial charge < -0.3 is 27.2 Å². The third kappa shape index (κ3) is 5.96. The van der Waals surface area contributed by atoms with Gasteiger partial charge in [0, 0.05) is 48.1 Å². The Morgan fingerprint density at radius 2 is 1.89 bits per heavy atom. The van der Waals surface area contributed by atoms with Crippen molar-refractivity contribution in [1.82, 2.24) is 0 Å². The van der Waals surface area contributed by atoms with Crippen LogP contribution in [0.15, 0.2) is 48.8 Å². The molecule has 13 heteroatoms. The average Bonchev–Trinajstić information content (AvgIpc) is 3.27. The van der Waals surface area contributed by atoms with Gasteiger partial charge >= 0.3 is 18.2 Å². The number of benzene rings is 2. The number of methoxy groups -OCH3 is 1. The van der Waals surface area contributed by atoms with E-state index in [1.165, 1.54) is 42.0 Å². The maximum Gasteiger partial charge on any atom is 0.420 e. The van der Waals surface area contributed by atoms with Crippen molar-refractivity contribution in [2.45, 2.75) is 26.3 Å². The standard InChI is InChI=1S/C25H20F5N3O4.ClH/c1-14(34)37-13-32-6-3-4-16(12-32)18-9-17(10-20(26)23(18)27)31-24(35)33-7-5-15-8-22(36-2)19(11-21(15)33)25(28,29)30;/h3-4,6,8-12H,5,7,13H2,1-2H3;1H. The first-order valence-electron chi connectivity index (χ1n) is 11.0. The SMILES string of the molecule is COc1cc2c(cc1C(F)(F)F)N(C(=O)Nc1cc(F)c(F)c(-c3ccc[n+](COC(C)=O)c3)c1)CC2.[Cl-]. The maximum atomic E-state index is 14.7. The number of hydrogen-bond acceptors (Lipinski definition) is 4. The minimum atomic E-state index is -4.71. The van der Waals surface area contributed by atoms with E-state index in [-0.39, 0.29) is 60.4 Å². The van der Waals surface area contributed by atoms with Crippen LogP contribution in [0.3, 0.4) is 0 Å². The van der Waals surface area contributed by atoms with Crippen LogP contribution in [-0.2, 0) is 28.9 Å². The fraction of sp³-hybridized carbons (Fsp3) is 0.240. The van der Waals surface area contributed by atoms with Gasteiger partial charge in [0.15, 0.2) is 24.0 Å². The first-order valence-corrected chi connectivity index (χ1v) is 11.0. The Balaban J connectivity index is 0.00000400. The van der Waals surface area contributed by atoms with Gasteiger partial charge in [-0.05, 0) is 36.2 Å². The van der Waals surface area contributed by atoms with Gasteiger partial charge in [0.05, 0.1) is 12.7 Å². The molecule has 1 aliphatic rings. The van der Waals surface area contributed by atoms with Crippen LogP contribution in [0.5, 0.6) is 5.75 Å². The molecule has 4 rings (SSSR count). The predicted octanol–water partition coefficient (Wildman–Crippen LogP) is 2.07. The summed E-state index contributed by atoms with van der Waals surface area (Å²) in [6, 6.07) is 6.27. The molecule has 1 aliphatic heterocycles. The molecule has 202 valence electrons. The Hall–Kier alpha value is -3.93. The number of fused-ring (bicyclic) bond motifs is 1. The third-order valence-corrected chi connectivity index (χ3v) is 5.71. The van der Waals surface area contributed by atoms with Crippen LogP contribution in [0, 0.1) is 11.6 Å². The molecule has 7 nitrogen and oxygen atoms in total. The van der Waals surface area contributed by atoms with Crippen LogP contribution in [0.25, 0.3) is 11.1 Å². The molecule has 0 bridgehead atoms. The van der Waals surface area contributed by atoms with Crippen LogP contribution in [-0.4, -0.2) is 25.7 Å². The van der Waals surface area contributed by atoms with Gasteiger partial charge in [0.2, 0.25) is 0 Å². The molecule has 0 unspecified atom stereocenters. The molecule has 2 amide bonds. The van der Waals surface area contributed by atoms with Gasteiger partial charge in [-0.2, -0.15) is 17.7 Å². The van der Waals surface area contributed by atoms with Crippen LogP contribution in [0.1, 0.15) is 18.1 Å². The van der Waals surface area contributed by atoms with Crippen molar-refractivity contribution in [2.75, 3.05) is 23.9 Å². The number of halogens is 6. The van der Waals surface area contributed by atoms with Crippen molar-refractivity contribution in [3.8, 4) is 16.9 Å². The van der Waals surface area contributed by atoms with Gasteiger partial charge in [0.1, 0.15) is 5.75 Å². The first-order chi connectivity index (χ1) is 17.5. The van der Waals surface area contributed by atoms with E-state index in [2.05, 4.69) is 5.32 Å². The number of alkyl halides is 3. The number of carbonyl (C=O) groups excluding carboxylic acids is 2.